The fraction of sp³-hybridized carbons (Fsp3) is 0.111. The highest BCUT2D eigenvalue weighted by Gasteiger charge is 2.40. The van der Waals surface area contributed by atoms with Gasteiger partial charge < -0.3 is 10.1 Å². The zero-order valence-electron chi connectivity index (χ0n) is 24.2. The second kappa shape index (κ2) is 11.8. The number of fused-ring (bicyclic) bond motifs is 1. The fourth-order valence-corrected chi connectivity index (χ4v) is 5.82. The van der Waals surface area contributed by atoms with E-state index in [0.717, 1.165) is 16.7 Å². The van der Waals surface area contributed by atoms with E-state index in [2.05, 4.69) is 47.8 Å². The molecule has 0 bridgehead atoms. The van der Waals surface area contributed by atoms with Gasteiger partial charge in [-0.05, 0) is 46.9 Å². The van der Waals surface area contributed by atoms with Crippen LogP contribution in [-0.4, -0.2) is 27.9 Å². The van der Waals surface area contributed by atoms with Crippen molar-refractivity contribution in [3.05, 3.63) is 155 Å². The Labute approximate surface area is 254 Å². The SMILES string of the molecule is CNC(=O)OCc1cc(C)c(-c2nc3cnn(C(c4ccccc4)(c4ccccc4)c4ccccc4)c3cc2C#N)c(F)c1. The molecule has 216 valence electrons. The van der Waals surface area contributed by atoms with Gasteiger partial charge in [0.25, 0.3) is 0 Å². The number of ether oxygens (including phenoxy) is 1. The van der Waals surface area contributed by atoms with Crippen LogP contribution < -0.4 is 5.32 Å². The van der Waals surface area contributed by atoms with Crippen LogP contribution in [0.25, 0.3) is 22.3 Å². The van der Waals surface area contributed by atoms with Gasteiger partial charge in [0.2, 0.25) is 0 Å². The van der Waals surface area contributed by atoms with Crippen molar-refractivity contribution in [1.29, 1.82) is 5.26 Å². The lowest BCUT2D eigenvalue weighted by atomic mass is 9.77. The van der Waals surface area contributed by atoms with E-state index in [0.29, 0.717) is 22.2 Å². The number of benzene rings is 4. The summed E-state index contributed by atoms with van der Waals surface area (Å²) in [6.45, 7) is 1.64. The minimum atomic E-state index is -0.908. The third-order valence-electron chi connectivity index (χ3n) is 7.73. The largest absolute Gasteiger partial charge is 0.445 e. The number of nitriles is 1. The maximum Gasteiger partial charge on any atom is 0.407 e. The van der Waals surface area contributed by atoms with Crippen molar-refractivity contribution in [1.82, 2.24) is 20.1 Å². The molecule has 0 aliphatic heterocycles. The third-order valence-corrected chi connectivity index (χ3v) is 7.73. The first-order valence-corrected chi connectivity index (χ1v) is 14.1. The van der Waals surface area contributed by atoms with Crippen molar-refractivity contribution in [2.45, 2.75) is 19.1 Å². The topological polar surface area (TPSA) is 92.8 Å². The average molecular weight is 582 g/mol. The Morgan fingerprint density at radius 3 is 2.00 bits per heavy atom. The Hall–Kier alpha value is -5.81. The zero-order chi connectivity index (χ0) is 30.7. The van der Waals surface area contributed by atoms with Gasteiger partial charge in [0.1, 0.15) is 29.5 Å². The number of amides is 1. The molecule has 0 aliphatic carbocycles. The van der Waals surface area contributed by atoms with E-state index < -0.39 is 17.4 Å². The first-order chi connectivity index (χ1) is 21.5. The van der Waals surface area contributed by atoms with Gasteiger partial charge in [-0.25, -0.2) is 18.9 Å². The van der Waals surface area contributed by atoms with Crippen LogP contribution in [0.5, 0.6) is 0 Å². The molecule has 44 heavy (non-hydrogen) atoms. The van der Waals surface area contributed by atoms with Crippen LogP contribution >= 0.6 is 0 Å². The number of hydrogen-bond acceptors (Lipinski definition) is 5. The minimum Gasteiger partial charge on any atom is -0.445 e. The number of nitrogens with one attached hydrogen (secondary N) is 1. The van der Waals surface area contributed by atoms with Crippen LogP contribution in [0.15, 0.2) is 115 Å². The normalized spacial score (nSPS) is 11.2. The predicted molar refractivity (Wildman–Crippen MR) is 166 cm³/mol. The minimum absolute atomic E-state index is 0.0946. The van der Waals surface area contributed by atoms with E-state index in [4.69, 9.17) is 14.8 Å². The van der Waals surface area contributed by atoms with Gasteiger partial charge in [-0.15, -0.1) is 0 Å². The van der Waals surface area contributed by atoms with E-state index in [1.807, 2.05) is 59.3 Å². The van der Waals surface area contributed by atoms with E-state index in [9.17, 15) is 10.1 Å². The number of carbonyl (C=O) groups excluding carboxylic acids is 1. The molecule has 4 aromatic carbocycles. The van der Waals surface area contributed by atoms with Gasteiger partial charge in [-0.3, -0.25) is 0 Å². The van der Waals surface area contributed by atoms with Gasteiger partial charge in [-0.1, -0.05) is 97.1 Å². The van der Waals surface area contributed by atoms with Crippen LogP contribution in [0.3, 0.4) is 0 Å². The molecule has 1 N–H and O–H groups in total. The molecule has 8 heteroatoms. The monoisotopic (exact) mass is 581 g/mol. The van der Waals surface area contributed by atoms with Crippen LogP contribution in [0.4, 0.5) is 9.18 Å². The summed E-state index contributed by atoms with van der Waals surface area (Å²) < 4.78 is 22.6. The Balaban J connectivity index is 1.58. The van der Waals surface area contributed by atoms with Crippen molar-refractivity contribution in [3.63, 3.8) is 0 Å². The van der Waals surface area contributed by atoms with Gasteiger partial charge in [0.15, 0.2) is 0 Å². The van der Waals surface area contributed by atoms with Crippen molar-refractivity contribution in [2.24, 2.45) is 0 Å². The lowest BCUT2D eigenvalue weighted by Gasteiger charge is -2.37. The average Bonchev–Trinajstić information content (AvgIpc) is 3.47. The molecule has 7 nitrogen and oxygen atoms in total. The number of halogens is 1. The van der Waals surface area contributed by atoms with Crippen molar-refractivity contribution in [2.75, 3.05) is 7.05 Å². The Bertz CT molecular complexity index is 1880. The lowest BCUT2D eigenvalue weighted by Crippen LogP contribution is -2.38. The van der Waals surface area contributed by atoms with Crippen LogP contribution in [0.1, 0.15) is 33.4 Å². The zero-order valence-corrected chi connectivity index (χ0v) is 24.2. The number of rotatable bonds is 7. The quantitative estimate of drug-likeness (QED) is 0.203. The molecule has 0 atom stereocenters. The molecule has 0 radical (unpaired) electrons. The van der Waals surface area contributed by atoms with E-state index in [1.165, 1.54) is 13.1 Å². The molecule has 6 aromatic rings. The second-order valence-corrected chi connectivity index (χ2v) is 10.4. The van der Waals surface area contributed by atoms with Crippen LogP contribution in [0.2, 0.25) is 0 Å². The number of alkyl carbamates (subject to hydrolysis) is 1. The summed E-state index contributed by atoms with van der Waals surface area (Å²) in [6.07, 6.45) is 1.04. The first kappa shape index (κ1) is 28.3. The second-order valence-electron chi connectivity index (χ2n) is 10.4. The predicted octanol–water partition coefficient (Wildman–Crippen LogP) is 7.11. The highest BCUT2D eigenvalue weighted by molar-refractivity contribution is 5.84. The summed E-state index contributed by atoms with van der Waals surface area (Å²) in [4.78, 5) is 16.3. The van der Waals surface area contributed by atoms with Gasteiger partial charge >= 0.3 is 6.09 Å². The highest BCUT2D eigenvalue weighted by Crippen LogP contribution is 2.42. The van der Waals surface area contributed by atoms with E-state index in [1.54, 1.807) is 25.3 Å². The Morgan fingerprint density at radius 2 is 1.50 bits per heavy atom. The summed E-state index contributed by atoms with van der Waals surface area (Å²) in [5.41, 5.74) is 4.82. The molecule has 1 amide bonds. The standard InChI is InChI=1S/C36H28FN5O2/c1-24-18-25(23-44-35(43)39-2)19-30(37)33(24)34-26(21-38)20-32-31(41-34)22-40-42(32)36(27-12-6-3-7-13-27,28-14-8-4-9-15-28)29-16-10-5-11-17-29/h3-20,22H,23H2,1-2H3,(H,39,43). The molecular formula is C36H28FN5O2. The number of aromatic nitrogens is 3. The number of pyridine rings is 1. The summed E-state index contributed by atoms with van der Waals surface area (Å²) in [5.74, 6) is -0.566. The Morgan fingerprint density at radius 1 is 0.932 bits per heavy atom. The van der Waals surface area contributed by atoms with Gasteiger partial charge in [-0.2, -0.15) is 10.4 Å². The van der Waals surface area contributed by atoms with Gasteiger partial charge in [0.05, 0.1) is 23.0 Å². The molecule has 0 fully saturated rings. The maximum atomic E-state index is 15.7. The van der Waals surface area contributed by atoms with Crippen molar-refractivity contribution < 1.29 is 13.9 Å². The number of hydrogen-bond donors (Lipinski definition) is 1. The number of nitrogens with zero attached hydrogens (tertiary/aromatic N) is 4. The molecule has 2 heterocycles. The molecule has 2 aromatic heterocycles. The Kier molecular flexibility index (Phi) is 7.61. The van der Waals surface area contributed by atoms with Crippen LogP contribution in [0, 0.1) is 24.1 Å². The van der Waals surface area contributed by atoms with E-state index in [-0.39, 0.29) is 23.4 Å². The summed E-state index contributed by atoms with van der Waals surface area (Å²) in [7, 11) is 1.45. The molecule has 0 spiro atoms. The molecule has 0 aliphatic rings. The summed E-state index contributed by atoms with van der Waals surface area (Å²) >= 11 is 0. The van der Waals surface area contributed by atoms with Gasteiger partial charge in [0, 0.05) is 12.6 Å². The third kappa shape index (κ3) is 4.84. The number of aryl methyl sites for hydroxylation is 1. The smallest absolute Gasteiger partial charge is 0.407 e. The molecule has 0 saturated heterocycles. The lowest BCUT2D eigenvalue weighted by molar-refractivity contribution is 0.142. The summed E-state index contributed by atoms with van der Waals surface area (Å²) in [6, 6.07) is 37.3. The highest BCUT2D eigenvalue weighted by atomic mass is 19.1. The van der Waals surface area contributed by atoms with Crippen LogP contribution in [-0.2, 0) is 16.9 Å². The molecule has 0 saturated carbocycles. The summed E-state index contributed by atoms with van der Waals surface area (Å²) in [5, 5.41) is 17.6. The maximum absolute atomic E-state index is 15.7. The van der Waals surface area contributed by atoms with Crippen molar-refractivity contribution in [3.8, 4) is 17.3 Å². The van der Waals surface area contributed by atoms with Crippen molar-refractivity contribution >= 4 is 17.1 Å². The van der Waals surface area contributed by atoms with E-state index >= 15 is 4.39 Å². The number of carbonyl (C=O) groups is 1. The molecule has 0 unspecified atom stereocenters. The molecular weight excluding hydrogens is 553 g/mol. The first-order valence-electron chi connectivity index (χ1n) is 14.1. The molecule has 6 rings (SSSR count). The fourth-order valence-electron chi connectivity index (χ4n) is 5.82.